The van der Waals surface area contributed by atoms with Crippen molar-refractivity contribution in [2.45, 2.75) is 68.0 Å². The van der Waals surface area contributed by atoms with E-state index in [4.69, 9.17) is 4.74 Å². The molecule has 0 unspecified atom stereocenters. The molecule has 0 aromatic heterocycles. The van der Waals surface area contributed by atoms with Gasteiger partial charge in [-0.1, -0.05) is 48.3 Å². The molecule has 0 aliphatic carbocycles. The molecule has 0 spiro atoms. The number of nitrogens with zero attached hydrogens (tertiary/aromatic N) is 1. The van der Waals surface area contributed by atoms with E-state index >= 15 is 0 Å². The SMILES string of the molecule is C.C.C.CC(C)N1CC(OC(=O)Nc2ccc(F)cc2)C1.CC(C)c1ccc(F)cc1.[Y]. The summed E-state index contributed by atoms with van der Waals surface area (Å²) in [5.74, 6) is -0.00881. The summed E-state index contributed by atoms with van der Waals surface area (Å²) < 4.78 is 30.2. The Morgan fingerprint density at radius 1 is 0.906 bits per heavy atom. The van der Waals surface area contributed by atoms with E-state index in [1.807, 2.05) is 12.1 Å². The molecule has 3 rings (SSSR count). The number of amides is 1. The van der Waals surface area contributed by atoms with Gasteiger partial charge in [0.2, 0.25) is 0 Å². The Bertz CT molecular complexity index is 748. The fraction of sp³-hybridized carbons (Fsp3) is 0.480. The Morgan fingerprint density at radius 2 is 1.34 bits per heavy atom. The third-order valence-corrected chi connectivity index (χ3v) is 4.51. The summed E-state index contributed by atoms with van der Waals surface area (Å²) in [4.78, 5) is 13.7. The van der Waals surface area contributed by atoms with Gasteiger partial charge in [-0.3, -0.25) is 10.2 Å². The van der Waals surface area contributed by atoms with Crippen molar-refractivity contribution in [2.75, 3.05) is 18.4 Å². The number of halogens is 2. The summed E-state index contributed by atoms with van der Waals surface area (Å²) in [6.07, 6.45) is -0.539. The average molecular weight is 528 g/mol. The molecule has 1 radical (unpaired) electrons. The monoisotopic (exact) mass is 527 g/mol. The van der Waals surface area contributed by atoms with Gasteiger partial charge in [0.1, 0.15) is 17.7 Å². The van der Waals surface area contributed by atoms with Crippen molar-refractivity contribution < 1.29 is 51.0 Å². The van der Waals surface area contributed by atoms with Crippen LogP contribution in [0.3, 0.4) is 0 Å². The normalized spacial score (nSPS) is 12.5. The van der Waals surface area contributed by atoms with Crippen molar-refractivity contribution in [2.24, 2.45) is 0 Å². The van der Waals surface area contributed by atoms with Crippen LogP contribution in [-0.4, -0.2) is 36.2 Å². The molecule has 7 heteroatoms. The van der Waals surface area contributed by atoms with Gasteiger partial charge in [0, 0.05) is 57.5 Å². The van der Waals surface area contributed by atoms with Crippen LogP contribution in [-0.2, 0) is 37.4 Å². The Morgan fingerprint density at radius 3 is 1.75 bits per heavy atom. The molecule has 1 fully saturated rings. The zero-order valence-electron chi connectivity index (χ0n) is 17.4. The predicted molar refractivity (Wildman–Crippen MR) is 128 cm³/mol. The van der Waals surface area contributed by atoms with Crippen LogP contribution < -0.4 is 5.32 Å². The van der Waals surface area contributed by atoms with Gasteiger partial charge in [-0.25, -0.2) is 13.6 Å². The minimum atomic E-state index is -0.491. The first-order valence-electron chi connectivity index (χ1n) is 9.47. The van der Waals surface area contributed by atoms with Crippen LogP contribution in [0.25, 0.3) is 0 Å². The maximum atomic E-state index is 12.7. The first-order chi connectivity index (χ1) is 13.2. The van der Waals surface area contributed by atoms with E-state index in [-0.39, 0.29) is 72.7 Å². The molecule has 179 valence electrons. The van der Waals surface area contributed by atoms with Gasteiger partial charge in [-0.05, 0) is 61.7 Å². The van der Waals surface area contributed by atoms with E-state index in [1.54, 1.807) is 0 Å². The summed E-state index contributed by atoms with van der Waals surface area (Å²) >= 11 is 0. The summed E-state index contributed by atoms with van der Waals surface area (Å²) in [5, 5.41) is 2.57. The van der Waals surface area contributed by atoms with Gasteiger partial charge in [-0.2, -0.15) is 0 Å². The molecule has 2 aromatic rings. The van der Waals surface area contributed by atoms with Gasteiger partial charge in [-0.15, -0.1) is 0 Å². The van der Waals surface area contributed by atoms with Gasteiger partial charge in [0.05, 0.1) is 0 Å². The van der Waals surface area contributed by atoms with Crippen LogP contribution >= 0.6 is 0 Å². The molecule has 4 nitrogen and oxygen atoms in total. The molecule has 1 amide bonds. The number of likely N-dealkylation sites (tertiary alicyclic amines) is 1. The molecule has 1 N–H and O–H groups in total. The van der Waals surface area contributed by atoms with Crippen LogP contribution in [0.2, 0.25) is 0 Å². The van der Waals surface area contributed by atoms with Crippen molar-refractivity contribution in [3.8, 4) is 0 Å². The van der Waals surface area contributed by atoms with Gasteiger partial charge in [0.15, 0.2) is 0 Å². The molecule has 0 atom stereocenters. The van der Waals surface area contributed by atoms with E-state index in [9.17, 15) is 13.6 Å². The second-order valence-electron chi connectivity index (χ2n) is 7.41. The van der Waals surface area contributed by atoms with Crippen molar-refractivity contribution in [3.05, 3.63) is 65.7 Å². The zero-order chi connectivity index (χ0) is 20.7. The van der Waals surface area contributed by atoms with E-state index in [2.05, 4.69) is 37.9 Å². The molecule has 2 aromatic carbocycles. The molecule has 1 saturated heterocycles. The van der Waals surface area contributed by atoms with Gasteiger partial charge < -0.3 is 4.74 Å². The smallest absolute Gasteiger partial charge is 0.411 e. The standard InChI is InChI=1S/C13H17FN2O2.C9H11F.3CH4.Y/c1-9(2)16-7-12(8-16)18-13(17)15-11-5-3-10(14)4-6-11;1-7(2)8-3-5-9(10)6-4-8;;;;/h3-6,9,12H,7-8H2,1-2H3,(H,15,17);3-7H,1-2H3;3*1H4;. The van der Waals surface area contributed by atoms with Crippen LogP contribution in [0.4, 0.5) is 19.3 Å². The molecular weight excluding hydrogens is 487 g/mol. The fourth-order valence-corrected chi connectivity index (χ4v) is 2.65. The minimum Gasteiger partial charge on any atom is -0.443 e. The first kappa shape index (κ1) is 35.2. The third-order valence-electron chi connectivity index (χ3n) is 4.51. The molecule has 1 aliphatic rings. The minimum absolute atomic E-state index is 0. The fourth-order valence-electron chi connectivity index (χ4n) is 2.65. The Kier molecular flexibility index (Phi) is 18.9. The van der Waals surface area contributed by atoms with Crippen molar-refractivity contribution >= 4 is 11.8 Å². The Labute approximate surface area is 219 Å². The number of nitrogens with one attached hydrogen (secondary N) is 1. The maximum Gasteiger partial charge on any atom is 0.411 e. The number of carbonyl (C=O) groups is 1. The number of rotatable bonds is 4. The number of carbonyl (C=O) groups excluding carboxylic acids is 1. The molecule has 32 heavy (non-hydrogen) atoms. The van der Waals surface area contributed by atoms with Crippen molar-refractivity contribution in [1.82, 2.24) is 4.90 Å². The van der Waals surface area contributed by atoms with E-state index in [0.717, 1.165) is 13.1 Å². The number of hydrogen-bond acceptors (Lipinski definition) is 3. The number of ether oxygens (including phenoxy) is 1. The number of hydrogen-bond donors (Lipinski definition) is 1. The van der Waals surface area contributed by atoms with Gasteiger partial charge >= 0.3 is 6.09 Å². The molecule has 1 aliphatic heterocycles. The van der Waals surface area contributed by atoms with Crippen molar-refractivity contribution in [1.29, 1.82) is 0 Å². The topological polar surface area (TPSA) is 41.6 Å². The summed E-state index contributed by atoms with van der Waals surface area (Å²) in [6.45, 7) is 9.94. The maximum absolute atomic E-state index is 12.7. The average Bonchev–Trinajstić information content (AvgIpc) is 2.60. The zero-order valence-corrected chi connectivity index (χ0v) is 20.2. The van der Waals surface area contributed by atoms with E-state index in [0.29, 0.717) is 17.6 Å². The van der Waals surface area contributed by atoms with Crippen LogP contribution in [0.15, 0.2) is 48.5 Å². The van der Waals surface area contributed by atoms with Crippen LogP contribution in [0.1, 0.15) is 61.5 Å². The number of anilines is 1. The summed E-state index contributed by atoms with van der Waals surface area (Å²) in [6, 6.07) is 12.7. The summed E-state index contributed by atoms with van der Waals surface area (Å²) in [7, 11) is 0. The van der Waals surface area contributed by atoms with Crippen LogP contribution in [0, 0.1) is 11.6 Å². The molecular formula is C25H40F2N2O2Y. The third kappa shape index (κ3) is 12.0. The molecule has 0 bridgehead atoms. The molecule has 1 heterocycles. The summed E-state index contributed by atoms with van der Waals surface area (Å²) in [5.41, 5.74) is 1.71. The predicted octanol–water partition coefficient (Wildman–Crippen LogP) is 7.32. The van der Waals surface area contributed by atoms with Gasteiger partial charge in [0.25, 0.3) is 0 Å². The Balaban J connectivity index is -0.000000525. The van der Waals surface area contributed by atoms with Crippen molar-refractivity contribution in [3.63, 3.8) is 0 Å². The van der Waals surface area contributed by atoms with E-state index < -0.39 is 6.09 Å². The van der Waals surface area contributed by atoms with E-state index in [1.165, 1.54) is 42.0 Å². The second kappa shape index (κ2) is 17.2. The van der Waals surface area contributed by atoms with Crippen LogP contribution in [0.5, 0.6) is 0 Å². The first-order valence-corrected chi connectivity index (χ1v) is 9.47. The number of benzene rings is 2. The second-order valence-corrected chi connectivity index (χ2v) is 7.41. The Hall–Kier alpha value is -1.37. The molecule has 0 saturated carbocycles. The largest absolute Gasteiger partial charge is 0.443 e. The quantitative estimate of drug-likeness (QED) is 0.453.